The van der Waals surface area contributed by atoms with E-state index in [1.807, 2.05) is 0 Å². The van der Waals surface area contributed by atoms with Crippen LogP contribution in [-0.2, 0) is 0 Å². The van der Waals surface area contributed by atoms with Crippen LogP contribution in [0.25, 0.3) is 0 Å². The van der Waals surface area contributed by atoms with E-state index in [2.05, 4.69) is 27.7 Å². The Labute approximate surface area is 190 Å². The molecule has 0 heterocycles. The Morgan fingerprint density at radius 3 is 2.45 bits per heavy atom. The highest BCUT2D eigenvalue weighted by molar-refractivity contribution is 5.18. The molecule has 0 aliphatic heterocycles. The normalized spacial score (nSPS) is 51.5. The van der Waals surface area contributed by atoms with Gasteiger partial charge in [-0.3, -0.25) is 0 Å². The average molecular weight is 436 g/mol. The van der Waals surface area contributed by atoms with Gasteiger partial charge in [0.15, 0.2) is 0 Å². The molecular formula is C27H49NO3. The van der Waals surface area contributed by atoms with E-state index in [0.717, 1.165) is 43.4 Å². The van der Waals surface area contributed by atoms with Crippen LogP contribution in [0.4, 0.5) is 0 Å². The second-order valence-corrected chi connectivity index (χ2v) is 12.9. The fourth-order valence-corrected chi connectivity index (χ4v) is 9.41. The predicted octanol–water partition coefficient (Wildman–Crippen LogP) is 4.49. The maximum Gasteiger partial charge on any atom is 0.0878 e. The number of aliphatic hydroxyl groups excluding tert-OH is 2. The van der Waals surface area contributed by atoms with E-state index >= 15 is 0 Å². The molecule has 4 saturated carbocycles. The SMILES string of the molecule is CC(CO)CCC[C@@H](C)[C@H]1CC[C@H]2[C@@H]3C[C@@H](N)[C@@]4(O)C[C@@H](O)CC[C@]4(C)[C@H]3CC[C@]12C. The predicted molar refractivity (Wildman–Crippen MR) is 125 cm³/mol. The lowest BCUT2D eigenvalue weighted by molar-refractivity contribution is -0.228. The molecular weight excluding hydrogens is 386 g/mol. The summed E-state index contributed by atoms with van der Waals surface area (Å²) in [6.45, 7) is 9.82. The molecule has 31 heavy (non-hydrogen) atoms. The third-order valence-corrected chi connectivity index (χ3v) is 11.4. The number of aliphatic hydroxyl groups is 3. The molecule has 0 radical (unpaired) electrons. The van der Waals surface area contributed by atoms with Crippen molar-refractivity contribution in [2.45, 2.75) is 116 Å². The van der Waals surface area contributed by atoms with Crippen molar-refractivity contribution in [2.24, 2.45) is 52.1 Å². The molecule has 0 spiro atoms. The molecule has 4 rings (SSSR count). The highest BCUT2D eigenvalue weighted by atomic mass is 16.3. The minimum atomic E-state index is -0.908. The summed E-state index contributed by atoms with van der Waals surface area (Å²) in [5, 5.41) is 31.4. The van der Waals surface area contributed by atoms with Gasteiger partial charge in [0.05, 0.1) is 11.7 Å². The second-order valence-electron chi connectivity index (χ2n) is 12.9. The molecule has 5 N–H and O–H groups in total. The summed E-state index contributed by atoms with van der Waals surface area (Å²) in [6.07, 6.45) is 11.5. The second kappa shape index (κ2) is 8.56. The summed E-state index contributed by atoms with van der Waals surface area (Å²) in [5.41, 5.74) is 6.07. The number of rotatable bonds is 6. The van der Waals surface area contributed by atoms with Crippen LogP contribution in [0.1, 0.15) is 98.3 Å². The van der Waals surface area contributed by atoms with E-state index in [1.165, 1.54) is 38.5 Å². The van der Waals surface area contributed by atoms with Crippen LogP contribution in [0, 0.1) is 46.3 Å². The molecule has 4 heteroatoms. The van der Waals surface area contributed by atoms with Gasteiger partial charge in [0.1, 0.15) is 0 Å². The minimum absolute atomic E-state index is 0.153. The number of hydrogen-bond donors (Lipinski definition) is 4. The van der Waals surface area contributed by atoms with Gasteiger partial charge in [-0.15, -0.1) is 0 Å². The first-order valence-electron chi connectivity index (χ1n) is 13.3. The lowest BCUT2D eigenvalue weighted by Gasteiger charge is -2.66. The zero-order valence-electron chi connectivity index (χ0n) is 20.5. The van der Waals surface area contributed by atoms with Crippen LogP contribution in [0.2, 0.25) is 0 Å². The summed E-state index contributed by atoms with van der Waals surface area (Å²) in [4.78, 5) is 0. The molecule has 1 unspecified atom stereocenters. The fraction of sp³-hybridized carbons (Fsp3) is 1.00. The summed E-state index contributed by atoms with van der Waals surface area (Å²) in [5.74, 6) is 3.86. The van der Waals surface area contributed by atoms with Crippen LogP contribution in [-0.4, -0.2) is 39.7 Å². The Hall–Kier alpha value is -0.160. The number of hydrogen-bond acceptors (Lipinski definition) is 4. The molecule has 0 aromatic carbocycles. The Kier molecular flexibility index (Phi) is 6.62. The van der Waals surface area contributed by atoms with Gasteiger partial charge >= 0.3 is 0 Å². The van der Waals surface area contributed by atoms with Gasteiger partial charge in [0.25, 0.3) is 0 Å². The molecule has 4 aliphatic carbocycles. The Morgan fingerprint density at radius 1 is 1.00 bits per heavy atom. The van der Waals surface area contributed by atoms with Crippen molar-refractivity contribution in [3.05, 3.63) is 0 Å². The quantitative estimate of drug-likeness (QED) is 0.495. The van der Waals surface area contributed by atoms with Crippen molar-refractivity contribution in [1.29, 1.82) is 0 Å². The highest BCUT2D eigenvalue weighted by Crippen LogP contribution is 2.69. The zero-order chi connectivity index (χ0) is 22.6. The standard InChI is InChI=1S/C27H49NO3/c1-17(16-29)6-5-7-18(2)21-8-9-22-20-14-24(28)27(31)15-19(30)10-13-26(27,4)23(20)11-12-25(21,22)3/h17-24,29-31H,5-16,28H2,1-4H3/t17?,18-,19+,20+,21-,22+,23+,24-,25-,26-,27+/m1/s1. The molecule has 4 aliphatic rings. The van der Waals surface area contributed by atoms with Crippen molar-refractivity contribution in [2.75, 3.05) is 6.61 Å². The van der Waals surface area contributed by atoms with Gasteiger partial charge < -0.3 is 21.1 Å². The average Bonchev–Trinajstić information content (AvgIpc) is 3.07. The number of nitrogens with two attached hydrogens (primary N) is 1. The first-order chi connectivity index (χ1) is 14.6. The van der Waals surface area contributed by atoms with Gasteiger partial charge in [0.2, 0.25) is 0 Å². The highest BCUT2D eigenvalue weighted by Gasteiger charge is 2.66. The molecule has 0 amide bonds. The Balaban J connectivity index is 1.50. The van der Waals surface area contributed by atoms with E-state index in [-0.39, 0.29) is 11.5 Å². The van der Waals surface area contributed by atoms with Gasteiger partial charge in [-0.1, -0.05) is 40.5 Å². The first-order valence-corrected chi connectivity index (χ1v) is 13.3. The van der Waals surface area contributed by atoms with E-state index in [0.29, 0.717) is 36.2 Å². The van der Waals surface area contributed by atoms with Gasteiger partial charge in [-0.05, 0) is 92.3 Å². The molecule has 0 aromatic rings. The summed E-state index contributed by atoms with van der Waals surface area (Å²) < 4.78 is 0. The van der Waals surface area contributed by atoms with E-state index in [1.54, 1.807) is 0 Å². The van der Waals surface area contributed by atoms with E-state index < -0.39 is 11.7 Å². The fourth-order valence-electron chi connectivity index (χ4n) is 9.41. The minimum Gasteiger partial charge on any atom is -0.396 e. The Bertz CT molecular complexity index is 642. The lowest BCUT2D eigenvalue weighted by Crippen LogP contribution is -2.70. The number of fused-ring (bicyclic) bond motifs is 5. The molecule has 0 saturated heterocycles. The molecule has 180 valence electrons. The van der Waals surface area contributed by atoms with Crippen LogP contribution < -0.4 is 5.73 Å². The molecule has 0 bridgehead atoms. The van der Waals surface area contributed by atoms with Gasteiger partial charge in [0, 0.05) is 24.5 Å². The third kappa shape index (κ3) is 3.72. The van der Waals surface area contributed by atoms with Crippen LogP contribution in [0.3, 0.4) is 0 Å². The van der Waals surface area contributed by atoms with E-state index in [4.69, 9.17) is 5.73 Å². The van der Waals surface area contributed by atoms with Crippen LogP contribution in [0.5, 0.6) is 0 Å². The maximum absolute atomic E-state index is 11.7. The lowest BCUT2D eigenvalue weighted by atomic mass is 9.42. The van der Waals surface area contributed by atoms with Gasteiger partial charge in [-0.2, -0.15) is 0 Å². The third-order valence-electron chi connectivity index (χ3n) is 11.4. The van der Waals surface area contributed by atoms with Crippen molar-refractivity contribution >= 4 is 0 Å². The molecule has 0 aromatic heterocycles. The molecule has 11 atom stereocenters. The first kappa shape index (κ1) is 24.0. The smallest absolute Gasteiger partial charge is 0.0878 e. The Morgan fingerprint density at radius 2 is 1.74 bits per heavy atom. The van der Waals surface area contributed by atoms with Crippen molar-refractivity contribution in [3.63, 3.8) is 0 Å². The van der Waals surface area contributed by atoms with Gasteiger partial charge in [-0.25, -0.2) is 0 Å². The van der Waals surface area contributed by atoms with Crippen LogP contribution >= 0.6 is 0 Å². The van der Waals surface area contributed by atoms with E-state index in [9.17, 15) is 15.3 Å². The summed E-state index contributed by atoms with van der Waals surface area (Å²) in [7, 11) is 0. The monoisotopic (exact) mass is 435 g/mol. The molecule has 4 fully saturated rings. The van der Waals surface area contributed by atoms with Crippen LogP contribution in [0.15, 0.2) is 0 Å². The van der Waals surface area contributed by atoms with Crippen molar-refractivity contribution in [1.82, 2.24) is 0 Å². The summed E-state index contributed by atoms with van der Waals surface area (Å²) in [6, 6.07) is -0.215. The maximum atomic E-state index is 11.7. The summed E-state index contributed by atoms with van der Waals surface area (Å²) >= 11 is 0. The zero-order valence-corrected chi connectivity index (χ0v) is 20.5. The molecule has 4 nitrogen and oxygen atoms in total. The topological polar surface area (TPSA) is 86.7 Å². The largest absolute Gasteiger partial charge is 0.396 e. The van der Waals surface area contributed by atoms with Crippen molar-refractivity contribution in [3.8, 4) is 0 Å². The van der Waals surface area contributed by atoms with Crippen molar-refractivity contribution < 1.29 is 15.3 Å².